The molecule has 1 fully saturated rings. The zero-order chi connectivity index (χ0) is 22.1. The summed E-state index contributed by atoms with van der Waals surface area (Å²) in [7, 11) is 3.58. The average molecular weight is 428 g/mol. The predicted molar refractivity (Wildman–Crippen MR) is 112 cm³/mol. The molecule has 168 valence electrons. The fourth-order valence-electron chi connectivity index (χ4n) is 3.47. The number of hydrogen-bond acceptors (Lipinski definition) is 3. The summed E-state index contributed by atoms with van der Waals surface area (Å²) in [5.41, 5.74) is 0.0514. The van der Waals surface area contributed by atoms with E-state index in [1.165, 1.54) is 12.1 Å². The monoisotopic (exact) mass is 427 g/mol. The van der Waals surface area contributed by atoms with Gasteiger partial charge in [0.1, 0.15) is 0 Å². The Kier molecular flexibility index (Phi) is 8.95. The first-order valence-electron chi connectivity index (χ1n) is 10.4. The second kappa shape index (κ2) is 11.2. The molecular weight excluding hydrogens is 395 g/mol. The SMILES string of the molecule is CCNC(=NCc1ccc(C(F)(F)F)cc1)NCCCN1CCCC1C(=O)N(C)C. The maximum Gasteiger partial charge on any atom is 0.416 e. The van der Waals surface area contributed by atoms with Crippen molar-refractivity contribution in [1.82, 2.24) is 20.4 Å². The molecule has 2 N–H and O–H groups in total. The Morgan fingerprint density at radius 3 is 2.53 bits per heavy atom. The molecule has 0 saturated carbocycles. The molecule has 1 heterocycles. The van der Waals surface area contributed by atoms with Crippen LogP contribution in [0, 0.1) is 0 Å². The minimum Gasteiger partial charge on any atom is -0.357 e. The minimum absolute atomic E-state index is 0.0263. The zero-order valence-electron chi connectivity index (χ0n) is 17.9. The number of likely N-dealkylation sites (tertiary alicyclic amines) is 1. The summed E-state index contributed by atoms with van der Waals surface area (Å²) in [5, 5.41) is 6.40. The molecule has 1 aliphatic rings. The highest BCUT2D eigenvalue weighted by atomic mass is 19.4. The van der Waals surface area contributed by atoms with Crippen molar-refractivity contribution in [2.45, 2.75) is 44.9 Å². The summed E-state index contributed by atoms with van der Waals surface area (Å²) in [4.78, 5) is 20.6. The molecule has 1 aromatic rings. The number of rotatable bonds is 8. The number of nitrogens with zero attached hydrogens (tertiary/aromatic N) is 3. The van der Waals surface area contributed by atoms with Gasteiger partial charge in [0.05, 0.1) is 18.2 Å². The smallest absolute Gasteiger partial charge is 0.357 e. The van der Waals surface area contributed by atoms with Gasteiger partial charge in [0, 0.05) is 33.7 Å². The van der Waals surface area contributed by atoms with Gasteiger partial charge >= 0.3 is 6.18 Å². The lowest BCUT2D eigenvalue weighted by atomic mass is 10.1. The van der Waals surface area contributed by atoms with Gasteiger partial charge in [-0.2, -0.15) is 13.2 Å². The van der Waals surface area contributed by atoms with E-state index in [0.29, 0.717) is 31.2 Å². The van der Waals surface area contributed by atoms with E-state index in [2.05, 4.69) is 20.5 Å². The van der Waals surface area contributed by atoms with Crippen molar-refractivity contribution in [3.05, 3.63) is 35.4 Å². The van der Waals surface area contributed by atoms with E-state index in [4.69, 9.17) is 0 Å². The number of carbonyl (C=O) groups excluding carboxylic acids is 1. The molecule has 1 aromatic carbocycles. The van der Waals surface area contributed by atoms with Crippen LogP contribution in [0.25, 0.3) is 0 Å². The van der Waals surface area contributed by atoms with Crippen LogP contribution < -0.4 is 10.6 Å². The summed E-state index contributed by atoms with van der Waals surface area (Å²) in [6, 6.07) is 5.02. The van der Waals surface area contributed by atoms with Gasteiger partial charge in [-0.05, 0) is 50.4 Å². The molecule has 1 amide bonds. The minimum atomic E-state index is -4.33. The van der Waals surface area contributed by atoms with E-state index >= 15 is 0 Å². The number of benzene rings is 1. The van der Waals surface area contributed by atoms with Crippen LogP contribution in [0.1, 0.15) is 37.3 Å². The highest BCUT2D eigenvalue weighted by molar-refractivity contribution is 5.81. The Balaban J connectivity index is 1.82. The van der Waals surface area contributed by atoms with Gasteiger partial charge in [-0.25, -0.2) is 4.99 Å². The molecule has 2 rings (SSSR count). The van der Waals surface area contributed by atoms with Crippen molar-refractivity contribution in [1.29, 1.82) is 0 Å². The first-order chi connectivity index (χ1) is 14.2. The van der Waals surface area contributed by atoms with Gasteiger partial charge in [-0.3, -0.25) is 9.69 Å². The van der Waals surface area contributed by atoms with Crippen LogP contribution in [0.2, 0.25) is 0 Å². The lowest BCUT2D eigenvalue weighted by Crippen LogP contribution is -2.44. The number of likely N-dealkylation sites (N-methyl/N-ethyl adjacent to an activating group) is 1. The lowest BCUT2D eigenvalue weighted by Gasteiger charge is -2.26. The zero-order valence-corrected chi connectivity index (χ0v) is 17.9. The molecule has 0 radical (unpaired) electrons. The van der Waals surface area contributed by atoms with Crippen LogP contribution in [-0.4, -0.2) is 68.0 Å². The largest absolute Gasteiger partial charge is 0.416 e. The first-order valence-corrected chi connectivity index (χ1v) is 10.4. The number of halogens is 3. The third-order valence-electron chi connectivity index (χ3n) is 5.05. The summed E-state index contributed by atoms with van der Waals surface area (Å²) in [5.74, 6) is 0.784. The first kappa shape index (κ1) is 24.0. The highest BCUT2D eigenvalue weighted by Crippen LogP contribution is 2.29. The van der Waals surface area contributed by atoms with Gasteiger partial charge in [0.2, 0.25) is 5.91 Å². The van der Waals surface area contributed by atoms with Gasteiger partial charge in [-0.15, -0.1) is 0 Å². The van der Waals surface area contributed by atoms with E-state index in [1.54, 1.807) is 19.0 Å². The Morgan fingerprint density at radius 1 is 1.23 bits per heavy atom. The molecular formula is C21H32F3N5O. The molecule has 1 aliphatic heterocycles. The quantitative estimate of drug-likeness (QED) is 0.381. The molecule has 0 bridgehead atoms. The van der Waals surface area contributed by atoms with Crippen LogP contribution in [0.4, 0.5) is 13.2 Å². The van der Waals surface area contributed by atoms with Gasteiger partial charge in [-0.1, -0.05) is 12.1 Å². The molecule has 9 heteroatoms. The Labute approximate surface area is 176 Å². The summed E-state index contributed by atoms with van der Waals surface area (Å²) in [6.45, 7) is 5.39. The number of nitrogens with one attached hydrogen (secondary N) is 2. The van der Waals surface area contributed by atoms with Gasteiger partial charge in [0.15, 0.2) is 5.96 Å². The second-order valence-corrected chi connectivity index (χ2v) is 7.60. The maximum atomic E-state index is 12.7. The van der Waals surface area contributed by atoms with Crippen LogP contribution in [0.5, 0.6) is 0 Å². The fourth-order valence-corrected chi connectivity index (χ4v) is 3.47. The van der Waals surface area contributed by atoms with Crippen LogP contribution >= 0.6 is 0 Å². The number of guanidine groups is 1. The second-order valence-electron chi connectivity index (χ2n) is 7.60. The van der Waals surface area contributed by atoms with Crippen molar-refractivity contribution >= 4 is 11.9 Å². The summed E-state index contributed by atoms with van der Waals surface area (Å²) in [6.07, 6.45) is -1.53. The molecule has 0 spiro atoms. The maximum absolute atomic E-state index is 12.7. The number of amides is 1. The molecule has 0 aromatic heterocycles. The van der Waals surface area contributed by atoms with E-state index in [9.17, 15) is 18.0 Å². The number of alkyl halides is 3. The third-order valence-corrected chi connectivity index (χ3v) is 5.05. The third kappa shape index (κ3) is 7.19. The summed E-state index contributed by atoms with van der Waals surface area (Å²) < 4.78 is 38.0. The highest BCUT2D eigenvalue weighted by Gasteiger charge is 2.31. The van der Waals surface area contributed by atoms with Crippen molar-refractivity contribution in [3.63, 3.8) is 0 Å². The van der Waals surface area contributed by atoms with Gasteiger partial charge in [0.25, 0.3) is 0 Å². The Bertz CT molecular complexity index is 704. The number of hydrogen-bond donors (Lipinski definition) is 2. The molecule has 1 unspecified atom stereocenters. The molecule has 1 atom stereocenters. The van der Waals surface area contributed by atoms with E-state index < -0.39 is 11.7 Å². The van der Waals surface area contributed by atoms with Gasteiger partial charge < -0.3 is 15.5 Å². The van der Waals surface area contributed by atoms with Crippen molar-refractivity contribution in [2.24, 2.45) is 4.99 Å². The van der Waals surface area contributed by atoms with Crippen molar-refractivity contribution in [2.75, 3.05) is 40.3 Å². The van der Waals surface area contributed by atoms with Crippen molar-refractivity contribution < 1.29 is 18.0 Å². The van der Waals surface area contributed by atoms with Crippen LogP contribution in [0.15, 0.2) is 29.3 Å². The van der Waals surface area contributed by atoms with E-state index in [1.807, 2.05) is 6.92 Å². The number of aliphatic imine (C=N–C) groups is 1. The van der Waals surface area contributed by atoms with Crippen LogP contribution in [0.3, 0.4) is 0 Å². The van der Waals surface area contributed by atoms with E-state index in [0.717, 1.165) is 44.5 Å². The standard InChI is InChI=1S/C21H32F3N5O/c1-4-25-20(27-15-16-8-10-17(11-9-16)21(22,23)24)26-12-6-14-29-13-5-7-18(29)19(30)28(2)3/h8-11,18H,4-7,12-15H2,1-3H3,(H2,25,26,27). The molecule has 0 aliphatic carbocycles. The number of carbonyl (C=O) groups is 1. The Morgan fingerprint density at radius 2 is 1.93 bits per heavy atom. The molecule has 6 nitrogen and oxygen atoms in total. The average Bonchev–Trinajstić information content (AvgIpc) is 3.16. The normalized spacial score (nSPS) is 17.8. The van der Waals surface area contributed by atoms with Crippen LogP contribution in [-0.2, 0) is 17.5 Å². The lowest BCUT2D eigenvalue weighted by molar-refractivity contribution is -0.137. The molecule has 1 saturated heterocycles. The Hall–Kier alpha value is -2.29. The summed E-state index contributed by atoms with van der Waals surface area (Å²) >= 11 is 0. The topological polar surface area (TPSA) is 60.0 Å². The predicted octanol–water partition coefficient (Wildman–Crippen LogP) is 2.70. The fraction of sp³-hybridized carbons (Fsp3) is 0.619. The van der Waals surface area contributed by atoms with Crippen molar-refractivity contribution in [3.8, 4) is 0 Å². The molecule has 30 heavy (non-hydrogen) atoms. The van der Waals surface area contributed by atoms with E-state index in [-0.39, 0.29) is 11.9 Å².